The minimum atomic E-state index is 0.310. The summed E-state index contributed by atoms with van der Waals surface area (Å²) in [6.45, 7) is 20.5. The van der Waals surface area contributed by atoms with Gasteiger partial charge in [-0.25, -0.2) is 0 Å². The van der Waals surface area contributed by atoms with E-state index in [1.807, 2.05) is 31.2 Å². The van der Waals surface area contributed by atoms with E-state index in [4.69, 9.17) is 0 Å². The number of aryl methyl sites for hydroxylation is 1. The van der Waals surface area contributed by atoms with Crippen LogP contribution in [-0.2, 0) is 6.42 Å². The number of hydrogen-bond acceptors (Lipinski definition) is 0. The van der Waals surface area contributed by atoms with Crippen LogP contribution in [0.3, 0.4) is 0 Å². The summed E-state index contributed by atoms with van der Waals surface area (Å²) >= 11 is 0. The van der Waals surface area contributed by atoms with E-state index in [2.05, 4.69) is 153 Å². The van der Waals surface area contributed by atoms with Gasteiger partial charge in [0.25, 0.3) is 0 Å². The van der Waals surface area contributed by atoms with E-state index in [9.17, 15) is 0 Å². The van der Waals surface area contributed by atoms with Crippen molar-refractivity contribution in [2.45, 2.75) is 34.1 Å². The molecule has 0 saturated carbocycles. The number of nitrogens with zero attached hydrogens (tertiary/aromatic N) is 2. The zero-order valence-corrected chi connectivity index (χ0v) is 26.4. The molecular weight excluding hydrogens is 532 g/mol. The zero-order valence-electron chi connectivity index (χ0n) is 26.4. The molecule has 0 aliphatic rings. The van der Waals surface area contributed by atoms with Gasteiger partial charge in [-0.1, -0.05) is 99.0 Å². The first-order chi connectivity index (χ1) is 21.4. The second-order valence-electron chi connectivity index (χ2n) is 11.3. The summed E-state index contributed by atoms with van der Waals surface area (Å²) in [6.07, 6.45) is 19.4. The Bertz CT molecular complexity index is 1900. The van der Waals surface area contributed by atoms with Gasteiger partial charge in [-0.3, -0.25) is 0 Å². The number of hydrogen-bond donors (Lipinski definition) is 0. The minimum Gasteiger partial charge on any atom is -0.310 e. The van der Waals surface area contributed by atoms with Gasteiger partial charge < -0.3 is 9.13 Å². The molecule has 0 aliphatic carbocycles. The Morgan fingerprint density at radius 1 is 0.705 bits per heavy atom. The average molecular weight is 575 g/mol. The van der Waals surface area contributed by atoms with Crippen molar-refractivity contribution in [1.29, 1.82) is 0 Å². The fourth-order valence-corrected chi connectivity index (χ4v) is 5.95. The molecule has 2 nitrogen and oxygen atoms in total. The Morgan fingerprint density at radius 3 is 1.91 bits per heavy atom. The molecule has 0 N–H and O–H groups in total. The number of para-hydroxylation sites is 1. The summed E-state index contributed by atoms with van der Waals surface area (Å²) in [4.78, 5) is 0. The van der Waals surface area contributed by atoms with E-state index in [1.54, 1.807) is 0 Å². The molecule has 2 aromatic heterocycles. The predicted molar refractivity (Wildman–Crippen MR) is 194 cm³/mol. The Morgan fingerprint density at radius 2 is 1.32 bits per heavy atom. The smallest absolute Gasteiger partial charge is 0.0537 e. The largest absolute Gasteiger partial charge is 0.310 e. The van der Waals surface area contributed by atoms with E-state index in [0.29, 0.717) is 5.92 Å². The molecule has 0 radical (unpaired) electrons. The van der Waals surface area contributed by atoms with Crippen molar-refractivity contribution in [3.63, 3.8) is 0 Å². The van der Waals surface area contributed by atoms with Gasteiger partial charge in [0.1, 0.15) is 0 Å². The minimum absolute atomic E-state index is 0.310. The van der Waals surface area contributed by atoms with Crippen LogP contribution in [0.5, 0.6) is 0 Å². The maximum atomic E-state index is 4.13. The molecule has 5 aromatic rings. The van der Waals surface area contributed by atoms with Crippen LogP contribution in [0.15, 0.2) is 123 Å². The lowest BCUT2D eigenvalue weighted by atomic mass is 10.0. The highest BCUT2D eigenvalue weighted by Gasteiger charge is 2.17. The first kappa shape index (κ1) is 30.4. The van der Waals surface area contributed by atoms with Crippen LogP contribution >= 0.6 is 0 Å². The lowest BCUT2D eigenvalue weighted by molar-refractivity contribution is 0.947. The zero-order chi connectivity index (χ0) is 31.2. The molecule has 1 unspecified atom stereocenters. The third-order valence-electron chi connectivity index (χ3n) is 8.36. The predicted octanol–water partition coefficient (Wildman–Crippen LogP) is 11.3. The van der Waals surface area contributed by atoms with Crippen molar-refractivity contribution >= 4 is 35.2 Å². The van der Waals surface area contributed by atoms with Crippen LogP contribution in [0, 0.1) is 19.8 Å². The Kier molecular flexibility index (Phi) is 9.31. The van der Waals surface area contributed by atoms with Crippen LogP contribution < -0.4 is 0 Å². The number of benzene rings is 3. The number of aromatic nitrogens is 2. The standard InChI is InChI=1S/C42H42N2/c1-8-12-17-40-31(6)37(15-9-2)39(11-4)43(40)35-24-20-33(21-25-35)29-34-22-26-36(27-23-34)44-41(28-19-30(5)10-3)32(7)38-16-13-14-18-42(38)44/h8-28,30H,1,3-4,29H2,2,5-7H3/b15-9-,17-12-,28-19-. The van der Waals surface area contributed by atoms with Crippen molar-refractivity contribution in [2.24, 2.45) is 5.92 Å². The van der Waals surface area contributed by atoms with Crippen molar-refractivity contribution < 1.29 is 0 Å². The summed E-state index contributed by atoms with van der Waals surface area (Å²) in [5.41, 5.74) is 13.2. The molecule has 1 atom stereocenters. The molecule has 5 rings (SSSR count). The average Bonchev–Trinajstić information content (AvgIpc) is 3.49. The number of allylic oxidation sites excluding steroid dienone is 5. The second kappa shape index (κ2) is 13.5. The maximum absolute atomic E-state index is 4.13. The first-order valence-corrected chi connectivity index (χ1v) is 15.3. The van der Waals surface area contributed by atoms with Gasteiger partial charge in [-0.2, -0.15) is 0 Å². The molecule has 2 heterocycles. The highest BCUT2D eigenvalue weighted by Crippen LogP contribution is 2.32. The molecule has 0 saturated heterocycles. The molecule has 0 amide bonds. The van der Waals surface area contributed by atoms with Crippen molar-refractivity contribution in [3.05, 3.63) is 168 Å². The molecule has 220 valence electrons. The molecule has 0 spiro atoms. The molecule has 0 aliphatic heterocycles. The SMILES string of the molecule is C=C/C=C\c1c(C)c(/C=C\C)c(C=C)n1-c1ccc(Cc2ccc(-n3c(/C=C\C(C)C=C)c(C)c4ccccc43)cc2)cc1. The quantitative estimate of drug-likeness (QED) is 0.110. The topological polar surface area (TPSA) is 9.86 Å². The lowest BCUT2D eigenvalue weighted by Crippen LogP contribution is -2.00. The Hall–Kier alpha value is -5.08. The monoisotopic (exact) mass is 574 g/mol. The Balaban J connectivity index is 1.45. The van der Waals surface area contributed by atoms with Crippen LogP contribution in [0.25, 0.3) is 46.6 Å². The highest BCUT2D eigenvalue weighted by molar-refractivity contribution is 5.89. The third-order valence-corrected chi connectivity index (χ3v) is 8.36. The van der Waals surface area contributed by atoms with Gasteiger partial charge in [0, 0.05) is 33.7 Å². The van der Waals surface area contributed by atoms with Crippen LogP contribution in [0.2, 0.25) is 0 Å². The van der Waals surface area contributed by atoms with Crippen LogP contribution in [-0.4, -0.2) is 9.13 Å². The van der Waals surface area contributed by atoms with E-state index >= 15 is 0 Å². The molecule has 0 bridgehead atoms. The van der Waals surface area contributed by atoms with Crippen molar-refractivity contribution in [3.8, 4) is 11.4 Å². The summed E-state index contributed by atoms with van der Waals surface area (Å²) < 4.78 is 4.65. The maximum Gasteiger partial charge on any atom is 0.0537 e. The fourth-order valence-electron chi connectivity index (χ4n) is 5.95. The van der Waals surface area contributed by atoms with Crippen LogP contribution in [0.1, 0.15) is 58.7 Å². The highest BCUT2D eigenvalue weighted by atomic mass is 15.0. The van der Waals surface area contributed by atoms with Gasteiger partial charge in [0.15, 0.2) is 0 Å². The third kappa shape index (κ3) is 5.89. The molecule has 3 aromatic carbocycles. The van der Waals surface area contributed by atoms with E-state index in [-0.39, 0.29) is 0 Å². The summed E-state index contributed by atoms with van der Waals surface area (Å²) in [5.74, 6) is 0.310. The lowest BCUT2D eigenvalue weighted by Gasteiger charge is -2.13. The van der Waals surface area contributed by atoms with Crippen molar-refractivity contribution in [1.82, 2.24) is 9.13 Å². The van der Waals surface area contributed by atoms with E-state index < -0.39 is 0 Å². The number of rotatable bonds is 11. The van der Waals surface area contributed by atoms with E-state index in [1.165, 1.54) is 44.4 Å². The van der Waals surface area contributed by atoms with Crippen LogP contribution in [0.4, 0.5) is 0 Å². The summed E-state index contributed by atoms with van der Waals surface area (Å²) in [6, 6.07) is 26.5. The van der Waals surface area contributed by atoms with Gasteiger partial charge in [0.2, 0.25) is 0 Å². The molecule has 44 heavy (non-hydrogen) atoms. The summed E-state index contributed by atoms with van der Waals surface area (Å²) in [7, 11) is 0. The fraction of sp³-hybridized carbons (Fsp3) is 0.143. The molecular formula is C42H42N2. The van der Waals surface area contributed by atoms with Gasteiger partial charge in [-0.15, -0.1) is 6.58 Å². The summed E-state index contributed by atoms with van der Waals surface area (Å²) in [5, 5.41) is 1.28. The molecule has 2 heteroatoms. The molecule has 0 fully saturated rings. The Labute approximate surface area is 263 Å². The number of fused-ring (bicyclic) bond motifs is 1. The normalized spacial score (nSPS) is 12.5. The van der Waals surface area contributed by atoms with Crippen molar-refractivity contribution in [2.75, 3.05) is 0 Å². The van der Waals surface area contributed by atoms with Gasteiger partial charge in [-0.05, 0) is 104 Å². The van der Waals surface area contributed by atoms with E-state index in [0.717, 1.165) is 29.2 Å². The second-order valence-corrected chi connectivity index (χ2v) is 11.3. The first-order valence-electron chi connectivity index (χ1n) is 15.3. The van der Waals surface area contributed by atoms with Gasteiger partial charge in [0.05, 0.1) is 11.2 Å². The van der Waals surface area contributed by atoms with Gasteiger partial charge >= 0.3 is 0 Å².